The molecule has 3 nitrogen and oxygen atoms in total. The Hall–Kier alpha value is -0.453. The summed E-state index contributed by atoms with van der Waals surface area (Å²) in [6.45, 7) is 16.4. The van der Waals surface area contributed by atoms with E-state index in [1.807, 2.05) is 13.8 Å². The van der Waals surface area contributed by atoms with Gasteiger partial charge in [-0.2, -0.15) is 0 Å². The van der Waals surface area contributed by atoms with E-state index in [4.69, 9.17) is 4.43 Å². The number of aliphatic hydroxyl groups excluding tert-OH is 1. The number of ketones is 1. The lowest BCUT2D eigenvalue weighted by molar-refractivity contribution is -0.139. The van der Waals surface area contributed by atoms with Crippen molar-refractivity contribution in [1.29, 1.82) is 0 Å². The standard InChI is InChI=1S/C16H30O3Si/c1-11-9-13(17)16(6,14(18)10-12(11)2)19-20(7,8)15(3,4)5/h9,12,14,18H,10H2,1-8H3/t12-,14+,16+/m1/s1. The van der Waals surface area contributed by atoms with Crippen molar-refractivity contribution >= 4 is 14.1 Å². The zero-order valence-electron chi connectivity index (χ0n) is 14.2. The third-order valence-corrected chi connectivity index (χ3v) is 9.66. The molecule has 0 unspecified atom stereocenters. The minimum absolute atomic E-state index is 0.00664. The van der Waals surface area contributed by atoms with Crippen molar-refractivity contribution in [3.8, 4) is 0 Å². The SMILES string of the molecule is CC1=CC(=O)[C@](C)(O[Si](C)(C)C(C)(C)C)[C@@H](O)C[C@H]1C. The van der Waals surface area contributed by atoms with Gasteiger partial charge in [0.1, 0.15) is 5.60 Å². The van der Waals surface area contributed by atoms with Gasteiger partial charge < -0.3 is 9.53 Å². The molecule has 3 atom stereocenters. The molecule has 1 aliphatic carbocycles. The van der Waals surface area contributed by atoms with E-state index in [0.29, 0.717) is 6.42 Å². The number of carbonyl (C=O) groups is 1. The molecule has 0 spiro atoms. The van der Waals surface area contributed by atoms with Gasteiger partial charge >= 0.3 is 0 Å². The van der Waals surface area contributed by atoms with E-state index in [1.165, 1.54) is 0 Å². The van der Waals surface area contributed by atoms with E-state index in [2.05, 4.69) is 33.9 Å². The molecule has 0 saturated heterocycles. The molecule has 1 rings (SSSR count). The summed E-state index contributed by atoms with van der Waals surface area (Å²) in [5, 5.41) is 10.5. The Morgan fingerprint density at radius 2 is 1.90 bits per heavy atom. The summed E-state index contributed by atoms with van der Waals surface area (Å²) in [4.78, 5) is 12.6. The van der Waals surface area contributed by atoms with Gasteiger partial charge in [0, 0.05) is 0 Å². The van der Waals surface area contributed by atoms with Crippen LogP contribution in [0, 0.1) is 5.92 Å². The highest BCUT2D eigenvalue weighted by Gasteiger charge is 2.50. The lowest BCUT2D eigenvalue weighted by Gasteiger charge is -2.44. The minimum Gasteiger partial charge on any atom is -0.402 e. The molecular weight excluding hydrogens is 268 g/mol. The van der Waals surface area contributed by atoms with Gasteiger partial charge in [-0.15, -0.1) is 0 Å². The first-order valence-electron chi connectivity index (χ1n) is 7.42. The molecule has 1 aliphatic rings. The second-order valence-electron chi connectivity index (χ2n) is 7.87. The normalized spacial score (nSPS) is 32.9. The van der Waals surface area contributed by atoms with Gasteiger partial charge in [-0.25, -0.2) is 0 Å². The van der Waals surface area contributed by atoms with Crippen LogP contribution < -0.4 is 0 Å². The van der Waals surface area contributed by atoms with Crippen molar-refractivity contribution in [2.75, 3.05) is 0 Å². The van der Waals surface area contributed by atoms with Gasteiger partial charge in [0.2, 0.25) is 0 Å². The van der Waals surface area contributed by atoms with E-state index in [1.54, 1.807) is 13.0 Å². The van der Waals surface area contributed by atoms with E-state index in [0.717, 1.165) is 5.57 Å². The van der Waals surface area contributed by atoms with Crippen LogP contribution in [0.2, 0.25) is 18.1 Å². The van der Waals surface area contributed by atoms with Crippen molar-refractivity contribution in [3.63, 3.8) is 0 Å². The topological polar surface area (TPSA) is 46.5 Å². The molecule has 20 heavy (non-hydrogen) atoms. The van der Waals surface area contributed by atoms with Gasteiger partial charge in [-0.05, 0) is 50.4 Å². The number of carbonyl (C=O) groups excluding carboxylic acids is 1. The van der Waals surface area contributed by atoms with E-state index >= 15 is 0 Å². The molecule has 1 N–H and O–H groups in total. The maximum atomic E-state index is 12.6. The van der Waals surface area contributed by atoms with Crippen LogP contribution in [-0.2, 0) is 9.22 Å². The fourth-order valence-corrected chi connectivity index (χ4v) is 3.81. The molecule has 0 radical (unpaired) electrons. The zero-order valence-corrected chi connectivity index (χ0v) is 15.2. The summed E-state index contributed by atoms with van der Waals surface area (Å²) in [6.07, 6.45) is 1.47. The molecule has 116 valence electrons. The Bertz CT molecular complexity index is 420. The van der Waals surface area contributed by atoms with Gasteiger partial charge in [0.05, 0.1) is 6.10 Å². The number of rotatable bonds is 2. The lowest BCUT2D eigenvalue weighted by atomic mass is 9.91. The maximum absolute atomic E-state index is 12.6. The Morgan fingerprint density at radius 3 is 2.35 bits per heavy atom. The van der Waals surface area contributed by atoms with E-state index in [9.17, 15) is 9.90 Å². The summed E-state index contributed by atoms with van der Waals surface area (Å²) in [7, 11) is -2.12. The Balaban J connectivity index is 3.16. The molecule has 0 aliphatic heterocycles. The highest BCUT2D eigenvalue weighted by molar-refractivity contribution is 6.74. The van der Waals surface area contributed by atoms with Crippen molar-refractivity contribution < 1.29 is 14.3 Å². The van der Waals surface area contributed by atoms with Crippen LogP contribution in [0.25, 0.3) is 0 Å². The molecule has 4 heteroatoms. The molecule has 0 bridgehead atoms. The number of aliphatic hydroxyl groups is 1. The smallest absolute Gasteiger partial charge is 0.193 e. The fourth-order valence-electron chi connectivity index (χ4n) is 2.20. The largest absolute Gasteiger partial charge is 0.402 e. The van der Waals surface area contributed by atoms with Crippen LogP contribution >= 0.6 is 0 Å². The quantitative estimate of drug-likeness (QED) is 0.791. The summed E-state index contributed by atoms with van der Waals surface area (Å²) in [6, 6.07) is 0. The van der Waals surface area contributed by atoms with Gasteiger partial charge in [-0.1, -0.05) is 33.3 Å². The Kier molecular flexibility index (Phi) is 4.74. The molecule has 0 amide bonds. The highest BCUT2D eigenvalue weighted by atomic mass is 28.4. The van der Waals surface area contributed by atoms with Crippen LogP contribution in [0.4, 0.5) is 0 Å². The van der Waals surface area contributed by atoms with Crippen molar-refractivity contribution in [1.82, 2.24) is 0 Å². The number of hydrogen-bond acceptors (Lipinski definition) is 3. The first-order chi connectivity index (χ1) is 8.81. The number of hydrogen-bond donors (Lipinski definition) is 1. The van der Waals surface area contributed by atoms with Crippen LogP contribution in [0.1, 0.15) is 48.0 Å². The van der Waals surface area contributed by atoms with E-state index < -0.39 is 20.0 Å². The first kappa shape index (κ1) is 17.6. The monoisotopic (exact) mass is 298 g/mol. The van der Waals surface area contributed by atoms with Gasteiger partial charge in [0.15, 0.2) is 14.1 Å². The van der Waals surface area contributed by atoms with Crippen LogP contribution in [0.3, 0.4) is 0 Å². The van der Waals surface area contributed by atoms with Crippen molar-refractivity contribution in [3.05, 3.63) is 11.6 Å². The highest BCUT2D eigenvalue weighted by Crippen LogP contribution is 2.41. The van der Waals surface area contributed by atoms with E-state index in [-0.39, 0.29) is 16.7 Å². The third-order valence-electron chi connectivity index (χ3n) is 5.11. The first-order valence-corrected chi connectivity index (χ1v) is 10.3. The second kappa shape index (κ2) is 5.39. The van der Waals surface area contributed by atoms with Crippen molar-refractivity contribution in [2.45, 2.75) is 77.8 Å². The average Bonchev–Trinajstić information content (AvgIpc) is 2.30. The molecule has 0 heterocycles. The summed E-state index contributed by atoms with van der Waals surface area (Å²) in [5.74, 6) is 0.107. The summed E-state index contributed by atoms with van der Waals surface area (Å²) in [5.41, 5.74) is -0.0914. The zero-order chi connectivity index (χ0) is 15.9. The molecule has 0 aromatic heterocycles. The fraction of sp³-hybridized carbons (Fsp3) is 0.812. The third kappa shape index (κ3) is 3.23. The molecule has 0 aromatic carbocycles. The van der Waals surface area contributed by atoms with Gasteiger partial charge in [-0.3, -0.25) is 4.79 Å². The lowest BCUT2D eigenvalue weighted by Crippen LogP contribution is -2.57. The number of allylic oxidation sites excluding steroid dienone is 1. The Morgan fingerprint density at radius 1 is 1.40 bits per heavy atom. The molecule has 0 aromatic rings. The van der Waals surface area contributed by atoms with Crippen LogP contribution in [0.5, 0.6) is 0 Å². The average molecular weight is 298 g/mol. The maximum Gasteiger partial charge on any atom is 0.193 e. The predicted molar refractivity (Wildman–Crippen MR) is 85.2 cm³/mol. The molecular formula is C16H30O3Si. The molecule has 0 saturated carbocycles. The second-order valence-corrected chi connectivity index (χ2v) is 12.6. The van der Waals surface area contributed by atoms with Crippen LogP contribution in [-0.4, -0.2) is 30.9 Å². The molecule has 0 fully saturated rings. The van der Waals surface area contributed by atoms with Crippen LogP contribution in [0.15, 0.2) is 11.6 Å². The summed E-state index contributed by atoms with van der Waals surface area (Å²) < 4.78 is 6.33. The summed E-state index contributed by atoms with van der Waals surface area (Å²) >= 11 is 0. The van der Waals surface area contributed by atoms with Crippen molar-refractivity contribution in [2.24, 2.45) is 5.92 Å². The predicted octanol–water partition coefficient (Wildman–Crippen LogP) is 3.68. The minimum atomic E-state index is -2.12. The Labute approximate surface area is 124 Å². The van der Waals surface area contributed by atoms with Gasteiger partial charge in [0.25, 0.3) is 0 Å².